The zero-order valence-corrected chi connectivity index (χ0v) is 7.46. The molecule has 70 valence electrons. The van der Waals surface area contributed by atoms with Gasteiger partial charge < -0.3 is 16.2 Å². The van der Waals surface area contributed by atoms with Crippen molar-refractivity contribution in [2.75, 3.05) is 12.3 Å². The second-order valence-electron chi connectivity index (χ2n) is 3.49. The summed E-state index contributed by atoms with van der Waals surface area (Å²) in [6, 6.07) is 6.17. The topological polar surface area (TPSA) is 58.3 Å². The van der Waals surface area contributed by atoms with Crippen molar-refractivity contribution in [1.29, 1.82) is 0 Å². The molecule has 0 unspecified atom stereocenters. The summed E-state index contributed by atoms with van der Waals surface area (Å²) in [5.74, 6) is 0. The van der Waals surface area contributed by atoms with Gasteiger partial charge in [0, 0.05) is 18.3 Å². The van der Waals surface area contributed by atoms with Crippen LogP contribution in [0, 0.1) is 0 Å². The molecule has 3 heteroatoms. The summed E-state index contributed by atoms with van der Waals surface area (Å²) >= 11 is 0. The van der Waals surface area contributed by atoms with E-state index >= 15 is 0 Å². The second kappa shape index (κ2) is 3.36. The maximum absolute atomic E-state index is 8.98. The molecule has 4 N–H and O–H groups in total. The van der Waals surface area contributed by atoms with Crippen molar-refractivity contribution in [1.82, 2.24) is 5.32 Å². The molecule has 13 heavy (non-hydrogen) atoms. The van der Waals surface area contributed by atoms with Gasteiger partial charge in [-0.25, -0.2) is 0 Å². The van der Waals surface area contributed by atoms with Crippen LogP contribution in [0.25, 0.3) is 0 Å². The number of aliphatic hydroxyl groups is 1. The Hall–Kier alpha value is -1.06. The van der Waals surface area contributed by atoms with Crippen LogP contribution in [0.1, 0.15) is 11.1 Å². The van der Waals surface area contributed by atoms with E-state index in [9.17, 15) is 0 Å². The van der Waals surface area contributed by atoms with Crippen LogP contribution in [-0.2, 0) is 13.0 Å². The lowest BCUT2D eigenvalue weighted by Gasteiger charge is -2.24. The van der Waals surface area contributed by atoms with Gasteiger partial charge in [0.25, 0.3) is 0 Å². The highest BCUT2D eigenvalue weighted by atomic mass is 16.3. The molecular formula is C10H14N2O. The van der Waals surface area contributed by atoms with Gasteiger partial charge in [-0.05, 0) is 29.7 Å². The Morgan fingerprint density at radius 1 is 1.46 bits per heavy atom. The predicted molar refractivity (Wildman–Crippen MR) is 52.3 cm³/mol. The lowest BCUT2D eigenvalue weighted by atomic mass is 9.96. The summed E-state index contributed by atoms with van der Waals surface area (Å²) in [5.41, 5.74) is 9.03. The fourth-order valence-corrected chi connectivity index (χ4v) is 1.73. The van der Waals surface area contributed by atoms with Gasteiger partial charge in [-0.2, -0.15) is 0 Å². The summed E-state index contributed by atoms with van der Waals surface area (Å²) in [5, 5.41) is 12.2. The number of benzene rings is 1. The van der Waals surface area contributed by atoms with Crippen LogP contribution in [0.15, 0.2) is 18.2 Å². The van der Waals surface area contributed by atoms with E-state index in [1.165, 1.54) is 11.1 Å². The predicted octanol–water partition coefficient (Wildman–Crippen LogP) is 0.275. The molecule has 0 fully saturated rings. The highest BCUT2D eigenvalue weighted by Crippen LogP contribution is 2.19. The van der Waals surface area contributed by atoms with Crippen molar-refractivity contribution < 1.29 is 5.11 Å². The smallest absolute Gasteiger partial charge is 0.0587 e. The van der Waals surface area contributed by atoms with E-state index in [0.29, 0.717) is 0 Å². The average Bonchev–Trinajstić information content (AvgIpc) is 2.17. The van der Waals surface area contributed by atoms with E-state index in [-0.39, 0.29) is 12.6 Å². The maximum Gasteiger partial charge on any atom is 0.0587 e. The quantitative estimate of drug-likeness (QED) is 0.541. The van der Waals surface area contributed by atoms with Crippen LogP contribution in [0.3, 0.4) is 0 Å². The van der Waals surface area contributed by atoms with Crippen LogP contribution < -0.4 is 11.1 Å². The number of fused-ring (bicyclic) bond motifs is 1. The second-order valence-corrected chi connectivity index (χ2v) is 3.49. The number of hydrogen-bond donors (Lipinski definition) is 3. The van der Waals surface area contributed by atoms with E-state index < -0.39 is 0 Å². The van der Waals surface area contributed by atoms with Gasteiger partial charge in [0.05, 0.1) is 6.61 Å². The number of nitrogen functional groups attached to an aromatic ring is 1. The molecular weight excluding hydrogens is 164 g/mol. The number of nitrogens with one attached hydrogen (secondary N) is 1. The Kier molecular flexibility index (Phi) is 2.20. The monoisotopic (exact) mass is 178 g/mol. The molecule has 0 aliphatic carbocycles. The SMILES string of the molecule is Nc1ccc2c(c1)CN[C@H](CO)C2. The van der Waals surface area contributed by atoms with Crippen LogP contribution in [0.5, 0.6) is 0 Å². The Balaban J connectivity index is 2.26. The first kappa shape index (κ1) is 8.53. The average molecular weight is 178 g/mol. The third-order valence-electron chi connectivity index (χ3n) is 2.50. The van der Waals surface area contributed by atoms with Crippen molar-refractivity contribution in [3.05, 3.63) is 29.3 Å². The van der Waals surface area contributed by atoms with Crippen molar-refractivity contribution in [2.24, 2.45) is 0 Å². The number of anilines is 1. The molecule has 0 saturated carbocycles. The minimum absolute atomic E-state index is 0.198. The Morgan fingerprint density at radius 3 is 3.08 bits per heavy atom. The number of rotatable bonds is 1. The molecule has 1 aromatic carbocycles. The Labute approximate surface area is 77.6 Å². The van der Waals surface area contributed by atoms with Crippen molar-refractivity contribution in [2.45, 2.75) is 19.0 Å². The fourth-order valence-electron chi connectivity index (χ4n) is 1.73. The summed E-state index contributed by atoms with van der Waals surface area (Å²) < 4.78 is 0. The lowest BCUT2D eigenvalue weighted by molar-refractivity contribution is 0.236. The molecule has 1 heterocycles. The van der Waals surface area contributed by atoms with E-state index in [4.69, 9.17) is 10.8 Å². The third-order valence-corrected chi connectivity index (χ3v) is 2.50. The van der Waals surface area contributed by atoms with Crippen molar-refractivity contribution >= 4 is 5.69 Å². The van der Waals surface area contributed by atoms with Gasteiger partial charge >= 0.3 is 0 Å². The first-order valence-electron chi connectivity index (χ1n) is 4.51. The Morgan fingerprint density at radius 2 is 2.31 bits per heavy atom. The van der Waals surface area contributed by atoms with Crippen LogP contribution in [0.4, 0.5) is 5.69 Å². The van der Waals surface area contributed by atoms with Gasteiger partial charge in [-0.1, -0.05) is 6.07 Å². The standard InChI is InChI=1S/C10H14N2O/c11-9-2-1-7-4-10(6-13)12-5-8(7)3-9/h1-3,10,12-13H,4-6,11H2/t10-/m0/s1. The van der Waals surface area contributed by atoms with Crippen LogP contribution >= 0.6 is 0 Å². The van der Waals surface area contributed by atoms with Crippen LogP contribution in [0.2, 0.25) is 0 Å². The number of hydrogen-bond acceptors (Lipinski definition) is 3. The highest BCUT2D eigenvalue weighted by molar-refractivity contribution is 5.45. The normalized spacial score (nSPS) is 21.2. The molecule has 2 rings (SSSR count). The molecule has 0 amide bonds. The van der Waals surface area contributed by atoms with E-state index in [0.717, 1.165) is 18.7 Å². The van der Waals surface area contributed by atoms with E-state index in [1.54, 1.807) is 0 Å². The molecule has 0 saturated heterocycles. The highest BCUT2D eigenvalue weighted by Gasteiger charge is 2.16. The van der Waals surface area contributed by atoms with Gasteiger partial charge in [-0.15, -0.1) is 0 Å². The fraction of sp³-hybridized carbons (Fsp3) is 0.400. The van der Waals surface area contributed by atoms with Crippen molar-refractivity contribution in [3.63, 3.8) is 0 Å². The molecule has 1 aliphatic heterocycles. The molecule has 1 aromatic rings. The summed E-state index contributed by atoms with van der Waals surface area (Å²) in [6.07, 6.45) is 0.895. The first-order valence-corrected chi connectivity index (χ1v) is 4.51. The van der Waals surface area contributed by atoms with E-state index in [2.05, 4.69) is 5.32 Å². The summed E-state index contributed by atoms with van der Waals surface area (Å²) in [4.78, 5) is 0. The third kappa shape index (κ3) is 1.66. The zero-order chi connectivity index (χ0) is 9.26. The van der Waals surface area contributed by atoms with Gasteiger partial charge in [0.1, 0.15) is 0 Å². The molecule has 0 radical (unpaired) electrons. The zero-order valence-electron chi connectivity index (χ0n) is 7.46. The molecule has 0 aromatic heterocycles. The molecule has 3 nitrogen and oxygen atoms in total. The molecule has 0 spiro atoms. The summed E-state index contributed by atoms with van der Waals surface area (Å²) in [7, 11) is 0. The van der Waals surface area contributed by atoms with Crippen molar-refractivity contribution in [3.8, 4) is 0 Å². The Bertz CT molecular complexity index is 312. The number of aliphatic hydroxyl groups excluding tert-OH is 1. The first-order chi connectivity index (χ1) is 6.29. The molecule has 0 bridgehead atoms. The molecule has 1 aliphatic rings. The van der Waals surface area contributed by atoms with E-state index in [1.807, 2.05) is 18.2 Å². The van der Waals surface area contributed by atoms with Gasteiger partial charge in [0.2, 0.25) is 0 Å². The molecule has 1 atom stereocenters. The van der Waals surface area contributed by atoms with Crippen LogP contribution in [-0.4, -0.2) is 17.8 Å². The minimum atomic E-state index is 0.198. The lowest BCUT2D eigenvalue weighted by Crippen LogP contribution is -2.38. The summed E-state index contributed by atoms with van der Waals surface area (Å²) in [6.45, 7) is 1.01. The van der Waals surface area contributed by atoms with Gasteiger partial charge in [-0.3, -0.25) is 0 Å². The number of nitrogens with two attached hydrogens (primary N) is 1. The largest absolute Gasteiger partial charge is 0.399 e. The minimum Gasteiger partial charge on any atom is -0.399 e. The maximum atomic E-state index is 8.98. The van der Waals surface area contributed by atoms with Gasteiger partial charge in [0.15, 0.2) is 0 Å².